The molecule has 2 heterocycles. The number of benzene rings is 1. The molecule has 0 aliphatic rings. The molecule has 0 atom stereocenters. The molecule has 0 radical (unpaired) electrons. The Kier molecular flexibility index (Phi) is 5.65. The zero-order chi connectivity index (χ0) is 18.4. The lowest BCUT2D eigenvalue weighted by atomic mass is 10.2. The molecule has 0 unspecified atom stereocenters. The van der Waals surface area contributed by atoms with Crippen molar-refractivity contribution in [3.05, 3.63) is 54.8 Å². The number of amides is 2. The fraction of sp³-hybridized carbons (Fsp3) is 0.111. The number of nitrogens with one attached hydrogen (secondary N) is 2. The molecular weight excluding hydrogens is 352 g/mol. The van der Waals surface area contributed by atoms with Gasteiger partial charge in [-0.25, -0.2) is 0 Å². The lowest BCUT2D eigenvalue weighted by Crippen LogP contribution is -2.14. The van der Waals surface area contributed by atoms with Gasteiger partial charge in [0.25, 0.3) is 0 Å². The fourth-order valence-corrected chi connectivity index (χ4v) is 2.78. The van der Waals surface area contributed by atoms with Gasteiger partial charge in [0.15, 0.2) is 5.76 Å². The van der Waals surface area contributed by atoms with Crippen LogP contribution in [0.1, 0.15) is 6.92 Å². The van der Waals surface area contributed by atoms with E-state index in [1.54, 1.807) is 54.8 Å². The van der Waals surface area contributed by atoms with Crippen LogP contribution in [-0.4, -0.2) is 27.8 Å². The molecule has 0 saturated carbocycles. The maximum atomic E-state index is 12.1. The lowest BCUT2D eigenvalue weighted by Gasteiger charge is -2.07. The van der Waals surface area contributed by atoms with Crippen molar-refractivity contribution in [2.24, 2.45) is 0 Å². The maximum absolute atomic E-state index is 12.1. The molecule has 0 aliphatic carbocycles. The molecule has 0 fully saturated rings. The van der Waals surface area contributed by atoms with Gasteiger partial charge < -0.3 is 15.1 Å². The smallest absolute Gasteiger partial charge is 0.234 e. The SMILES string of the molecule is CC(=O)Nc1cccc(NC(=O)CSc2ccc(-c3ccco3)nn2)c1. The minimum Gasteiger partial charge on any atom is -0.463 e. The van der Waals surface area contributed by atoms with Gasteiger partial charge in [-0.05, 0) is 42.5 Å². The summed E-state index contributed by atoms with van der Waals surface area (Å²) in [5, 5.41) is 14.3. The van der Waals surface area contributed by atoms with Crippen LogP contribution in [0.15, 0.2) is 64.2 Å². The highest BCUT2D eigenvalue weighted by Crippen LogP contribution is 2.21. The molecule has 1 aromatic carbocycles. The van der Waals surface area contributed by atoms with Gasteiger partial charge in [-0.15, -0.1) is 10.2 Å². The zero-order valence-electron chi connectivity index (χ0n) is 13.9. The number of anilines is 2. The number of rotatable bonds is 6. The van der Waals surface area contributed by atoms with E-state index < -0.39 is 0 Å². The van der Waals surface area contributed by atoms with Gasteiger partial charge >= 0.3 is 0 Å². The Morgan fingerprint density at radius 2 is 1.85 bits per heavy atom. The van der Waals surface area contributed by atoms with Crippen LogP contribution in [0.25, 0.3) is 11.5 Å². The monoisotopic (exact) mass is 368 g/mol. The number of hydrogen-bond donors (Lipinski definition) is 2. The van der Waals surface area contributed by atoms with E-state index in [1.165, 1.54) is 18.7 Å². The Balaban J connectivity index is 1.53. The topological polar surface area (TPSA) is 97.1 Å². The van der Waals surface area contributed by atoms with Crippen molar-refractivity contribution in [3.8, 4) is 11.5 Å². The van der Waals surface area contributed by atoms with Gasteiger partial charge in [0.1, 0.15) is 10.7 Å². The number of furan rings is 1. The second-order valence-corrected chi connectivity index (χ2v) is 6.33. The quantitative estimate of drug-likeness (QED) is 0.647. The molecule has 2 aromatic heterocycles. The normalized spacial score (nSPS) is 10.3. The molecule has 26 heavy (non-hydrogen) atoms. The van der Waals surface area contributed by atoms with Crippen LogP contribution in [0.4, 0.5) is 11.4 Å². The van der Waals surface area contributed by atoms with Crippen molar-refractivity contribution in [3.63, 3.8) is 0 Å². The van der Waals surface area contributed by atoms with Crippen molar-refractivity contribution < 1.29 is 14.0 Å². The van der Waals surface area contributed by atoms with Crippen LogP contribution >= 0.6 is 11.8 Å². The Bertz CT molecular complexity index is 895. The summed E-state index contributed by atoms with van der Waals surface area (Å²) in [5.74, 6) is 0.498. The van der Waals surface area contributed by atoms with E-state index in [0.717, 1.165) is 0 Å². The number of aromatic nitrogens is 2. The fourth-order valence-electron chi connectivity index (χ4n) is 2.17. The van der Waals surface area contributed by atoms with Gasteiger partial charge in [0, 0.05) is 18.3 Å². The van der Waals surface area contributed by atoms with Crippen LogP contribution in [0.2, 0.25) is 0 Å². The number of hydrogen-bond acceptors (Lipinski definition) is 6. The van der Waals surface area contributed by atoms with Gasteiger partial charge in [0.2, 0.25) is 11.8 Å². The summed E-state index contributed by atoms with van der Waals surface area (Å²) in [6, 6.07) is 14.1. The van der Waals surface area contributed by atoms with E-state index in [2.05, 4.69) is 20.8 Å². The highest BCUT2D eigenvalue weighted by Gasteiger charge is 2.08. The van der Waals surface area contributed by atoms with Crippen LogP contribution in [0.5, 0.6) is 0 Å². The van der Waals surface area contributed by atoms with Crippen molar-refractivity contribution in [1.29, 1.82) is 0 Å². The molecule has 0 spiro atoms. The average molecular weight is 368 g/mol. The Labute approximate surface area is 154 Å². The summed E-state index contributed by atoms with van der Waals surface area (Å²) < 4.78 is 5.26. The predicted molar refractivity (Wildman–Crippen MR) is 99.8 cm³/mol. The Hall–Kier alpha value is -3.13. The molecule has 2 amide bonds. The third kappa shape index (κ3) is 4.93. The summed E-state index contributed by atoms with van der Waals surface area (Å²) in [4.78, 5) is 23.2. The second kappa shape index (κ2) is 8.30. The van der Waals surface area contributed by atoms with E-state index >= 15 is 0 Å². The average Bonchev–Trinajstić information content (AvgIpc) is 3.15. The van der Waals surface area contributed by atoms with Gasteiger partial charge in [-0.2, -0.15) is 0 Å². The van der Waals surface area contributed by atoms with Gasteiger partial charge in [-0.3, -0.25) is 9.59 Å². The van der Waals surface area contributed by atoms with Gasteiger partial charge in [-0.1, -0.05) is 17.8 Å². The first kappa shape index (κ1) is 17.7. The highest BCUT2D eigenvalue weighted by atomic mass is 32.2. The van der Waals surface area contributed by atoms with Crippen LogP contribution in [0, 0.1) is 0 Å². The zero-order valence-corrected chi connectivity index (χ0v) is 14.7. The summed E-state index contributed by atoms with van der Waals surface area (Å²) in [5.41, 5.74) is 1.88. The molecule has 0 saturated heterocycles. The standard InChI is InChI=1S/C18H16N4O3S/c1-12(23)19-13-4-2-5-14(10-13)20-17(24)11-26-18-8-7-15(21-22-18)16-6-3-9-25-16/h2-10H,11H2,1H3,(H,19,23)(H,20,24). The van der Waals surface area contributed by atoms with E-state index in [1.807, 2.05) is 0 Å². The first-order chi connectivity index (χ1) is 12.6. The van der Waals surface area contributed by atoms with Crippen molar-refractivity contribution in [2.75, 3.05) is 16.4 Å². The van der Waals surface area contributed by atoms with Crippen molar-refractivity contribution in [1.82, 2.24) is 10.2 Å². The van der Waals surface area contributed by atoms with Crippen LogP contribution in [0.3, 0.4) is 0 Å². The molecule has 3 aromatic rings. The maximum Gasteiger partial charge on any atom is 0.234 e. The molecule has 0 aliphatic heterocycles. The van der Waals surface area contributed by atoms with Crippen molar-refractivity contribution in [2.45, 2.75) is 11.9 Å². The largest absolute Gasteiger partial charge is 0.463 e. The van der Waals surface area contributed by atoms with E-state index in [-0.39, 0.29) is 17.6 Å². The molecule has 3 rings (SSSR count). The van der Waals surface area contributed by atoms with E-state index in [9.17, 15) is 9.59 Å². The number of carbonyl (C=O) groups excluding carboxylic acids is 2. The lowest BCUT2D eigenvalue weighted by molar-refractivity contribution is -0.114. The number of carbonyl (C=O) groups is 2. The first-order valence-electron chi connectivity index (χ1n) is 7.78. The van der Waals surface area contributed by atoms with Crippen molar-refractivity contribution >= 4 is 35.0 Å². The third-order valence-electron chi connectivity index (χ3n) is 3.23. The molecular formula is C18H16N4O3S. The third-order valence-corrected chi connectivity index (χ3v) is 4.15. The summed E-state index contributed by atoms with van der Waals surface area (Å²) in [7, 11) is 0. The van der Waals surface area contributed by atoms with E-state index in [0.29, 0.717) is 27.9 Å². The van der Waals surface area contributed by atoms with Crippen LogP contribution in [-0.2, 0) is 9.59 Å². The van der Waals surface area contributed by atoms with Crippen LogP contribution < -0.4 is 10.6 Å². The second-order valence-electron chi connectivity index (χ2n) is 5.33. The summed E-state index contributed by atoms with van der Waals surface area (Å²) >= 11 is 1.28. The number of thioether (sulfide) groups is 1. The minimum atomic E-state index is -0.174. The molecule has 7 nitrogen and oxygen atoms in total. The summed E-state index contributed by atoms with van der Waals surface area (Å²) in [6.07, 6.45) is 1.57. The molecule has 132 valence electrons. The molecule has 0 bridgehead atoms. The Morgan fingerprint density at radius 3 is 2.50 bits per heavy atom. The predicted octanol–water partition coefficient (Wildman–Crippen LogP) is 3.43. The van der Waals surface area contributed by atoms with E-state index in [4.69, 9.17) is 4.42 Å². The summed E-state index contributed by atoms with van der Waals surface area (Å²) in [6.45, 7) is 1.43. The number of nitrogens with zero attached hydrogens (tertiary/aromatic N) is 2. The highest BCUT2D eigenvalue weighted by molar-refractivity contribution is 7.99. The van der Waals surface area contributed by atoms with Gasteiger partial charge in [0.05, 0.1) is 12.0 Å². The molecule has 2 N–H and O–H groups in total. The molecule has 8 heteroatoms. The Morgan fingerprint density at radius 1 is 1.04 bits per heavy atom. The first-order valence-corrected chi connectivity index (χ1v) is 8.76. The minimum absolute atomic E-state index is 0.166.